The van der Waals surface area contributed by atoms with E-state index in [2.05, 4.69) is 9.97 Å². The molecule has 0 aliphatic carbocycles. The highest BCUT2D eigenvalue weighted by atomic mass is 32.1. The molecular weight excluding hydrogens is 406 g/mol. The third-order valence-corrected chi connectivity index (χ3v) is 6.61. The predicted molar refractivity (Wildman–Crippen MR) is 112 cm³/mol. The third kappa shape index (κ3) is 3.77. The molecule has 3 aromatic heterocycles. The zero-order valence-corrected chi connectivity index (χ0v) is 17.9. The molecule has 3 aromatic rings. The molecule has 0 aromatic carbocycles. The number of rotatable bonds is 4. The molecule has 4 rings (SSSR count). The monoisotopic (exact) mass is 429 g/mol. The van der Waals surface area contributed by atoms with Gasteiger partial charge in [-0.2, -0.15) is 0 Å². The molecular formula is C21H23N3O5S. The fraction of sp³-hybridized carbons (Fsp3) is 0.429. The number of esters is 1. The van der Waals surface area contributed by atoms with Gasteiger partial charge in [0.05, 0.1) is 17.6 Å². The van der Waals surface area contributed by atoms with Gasteiger partial charge in [0, 0.05) is 18.0 Å². The van der Waals surface area contributed by atoms with Crippen molar-refractivity contribution in [2.75, 3.05) is 13.1 Å². The van der Waals surface area contributed by atoms with E-state index in [9.17, 15) is 14.4 Å². The normalized spacial score (nSPS) is 17.8. The average molecular weight is 429 g/mol. The number of nitrogens with one attached hydrogen (secondary N) is 1. The first-order valence-corrected chi connectivity index (χ1v) is 10.7. The summed E-state index contributed by atoms with van der Waals surface area (Å²) in [5.74, 6) is -0.483. The van der Waals surface area contributed by atoms with E-state index in [0.29, 0.717) is 35.4 Å². The van der Waals surface area contributed by atoms with Crippen LogP contribution < -0.4 is 5.56 Å². The van der Waals surface area contributed by atoms with Gasteiger partial charge in [-0.05, 0) is 51.3 Å². The number of furan rings is 1. The Labute approximate surface area is 176 Å². The van der Waals surface area contributed by atoms with Crippen molar-refractivity contribution in [2.45, 2.75) is 39.7 Å². The SMILES string of the molecule is Cc1sc2nc([C@@H](C)OC(=O)[C@@H]3CCCN(C(=O)c4ccco4)C3)[nH]c(=O)c2c1C. The zero-order valence-electron chi connectivity index (χ0n) is 17.1. The lowest BCUT2D eigenvalue weighted by Crippen LogP contribution is -2.42. The number of carbonyl (C=O) groups excluding carboxylic acids is 2. The molecule has 0 bridgehead atoms. The molecule has 9 heteroatoms. The Bertz CT molecular complexity index is 1150. The Kier molecular flexibility index (Phi) is 5.46. The second kappa shape index (κ2) is 8.06. The lowest BCUT2D eigenvalue weighted by molar-refractivity contribution is -0.155. The number of hydrogen-bond donors (Lipinski definition) is 1. The number of nitrogens with zero attached hydrogens (tertiary/aromatic N) is 2. The molecule has 8 nitrogen and oxygen atoms in total. The molecule has 4 heterocycles. The number of likely N-dealkylation sites (tertiary alicyclic amines) is 1. The molecule has 0 radical (unpaired) electrons. The van der Waals surface area contributed by atoms with E-state index in [0.717, 1.165) is 10.4 Å². The van der Waals surface area contributed by atoms with Gasteiger partial charge in [0.25, 0.3) is 11.5 Å². The van der Waals surface area contributed by atoms with E-state index in [1.165, 1.54) is 17.6 Å². The van der Waals surface area contributed by atoms with Crippen LogP contribution in [0.1, 0.15) is 52.7 Å². The minimum absolute atomic E-state index is 0.229. The van der Waals surface area contributed by atoms with Crippen molar-refractivity contribution in [3.8, 4) is 0 Å². The van der Waals surface area contributed by atoms with Gasteiger partial charge in [-0.15, -0.1) is 11.3 Å². The molecule has 0 unspecified atom stereocenters. The quantitative estimate of drug-likeness (QED) is 0.638. The highest BCUT2D eigenvalue weighted by molar-refractivity contribution is 7.18. The first-order chi connectivity index (χ1) is 14.3. The molecule has 0 saturated carbocycles. The summed E-state index contributed by atoms with van der Waals surface area (Å²) in [6.07, 6.45) is 2.09. The minimum Gasteiger partial charge on any atom is -0.459 e. The molecule has 1 aliphatic rings. The van der Waals surface area contributed by atoms with Crippen LogP contribution in [0.4, 0.5) is 0 Å². The van der Waals surface area contributed by atoms with Gasteiger partial charge in [-0.25, -0.2) is 4.98 Å². The Morgan fingerprint density at radius 3 is 2.93 bits per heavy atom. The summed E-state index contributed by atoms with van der Waals surface area (Å²) in [4.78, 5) is 48.2. The number of thiophene rings is 1. The van der Waals surface area contributed by atoms with Crippen LogP contribution in [0, 0.1) is 19.8 Å². The standard InChI is InChI=1S/C21H23N3O5S/c1-11-13(3)30-19-16(11)18(25)22-17(23-19)12(2)29-21(27)14-6-4-8-24(10-14)20(26)15-7-5-9-28-15/h5,7,9,12,14H,4,6,8,10H2,1-3H3,(H,22,23,25)/t12-,14-/m1/s1. The van der Waals surface area contributed by atoms with Crippen molar-refractivity contribution in [3.05, 3.63) is 50.8 Å². The van der Waals surface area contributed by atoms with Gasteiger partial charge in [0.1, 0.15) is 4.83 Å². The number of aryl methyl sites for hydroxylation is 2. The Balaban J connectivity index is 1.46. The van der Waals surface area contributed by atoms with Gasteiger partial charge >= 0.3 is 5.97 Å². The Morgan fingerprint density at radius 1 is 1.40 bits per heavy atom. The lowest BCUT2D eigenvalue weighted by atomic mass is 9.98. The van der Waals surface area contributed by atoms with E-state index in [4.69, 9.17) is 9.15 Å². The number of hydrogen-bond acceptors (Lipinski definition) is 7. The summed E-state index contributed by atoms with van der Waals surface area (Å²) in [6, 6.07) is 3.27. The number of fused-ring (bicyclic) bond motifs is 1. The van der Waals surface area contributed by atoms with E-state index in [1.807, 2.05) is 13.8 Å². The maximum absolute atomic E-state index is 12.7. The summed E-state index contributed by atoms with van der Waals surface area (Å²) >= 11 is 1.45. The van der Waals surface area contributed by atoms with Crippen LogP contribution in [0.25, 0.3) is 10.2 Å². The summed E-state index contributed by atoms with van der Waals surface area (Å²) < 4.78 is 10.8. The summed E-state index contributed by atoms with van der Waals surface area (Å²) in [5.41, 5.74) is 0.691. The number of aromatic nitrogens is 2. The number of carbonyl (C=O) groups is 2. The third-order valence-electron chi connectivity index (χ3n) is 5.51. The van der Waals surface area contributed by atoms with Crippen molar-refractivity contribution >= 4 is 33.4 Å². The molecule has 2 atom stereocenters. The van der Waals surface area contributed by atoms with Crippen LogP contribution in [0.5, 0.6) is 0 Å². The molecule has 158 valence electrons. The largest absolute Gasteiger partial charge is 0.459 e. The molecule has 1 fully saturated rings. The van der Waals surface area contributed by atoms with Crippen LogP contribution in [0.15, 0.2) is 27.6 Å². The van der Waals surface area contributed by atoms with Gasteiger partial charge in [0.15, 0.2) is 17.7 Å². The van der Waals surface area contributed by atoms with E-state index in [-0.39, 0.29) is 23.8 Å². The molecule has 1 saturated heterocycles. The Morgan fingerprint density at radius 2 is 2.20 bits per heavy atom. The van der Waals surface area contributed by atoms with Crippen molar-refractivity contribution in [2.24, 2.45) is 5.92 Å². The molecule has 1 aliphatic heterocycles. The first-order valence-electron chi connectivity index (χ1n) is 9.88. The van der Waals surface area contributed by atoms with Gasteiger partial charge in [-0.1, -0.05) is 0 Å². The summed E-state index contributed by atoms with van der Waals surface area (Å²) in [5, 5.41) is 0.583. The van der Waals surface area contributed by atoms with Crippen LogP contribution in [-0.2, 0) is 9.53 Å². The van der Waals surface area contributed by atoms with Crippen LogP contribution in [0.2, 0.25) is 0 Å². The van der Waals surface area contributed by atoms with E-state index < -0.39 is 18.0 Å². The summed E-state index contributed by atoms with van der Waals surface area (Å²) in [7, 11) is 0. The first kappa shape index (κ1) is 20.3. The highest BCUT2D eigenvalue weighted by Crippen LogP contribution is 2.28. The maximum atomic E-state index is 12.7. The second-order valence-electron chi connectivity index (χ2n) is 7.56. The maximum Gasteiger partial charge on any atom is 0.311 e. The smallest absolute Gasteiger partial charge is 0.311 e. The zero-order chi connectivity index (χ0) is 21.4. The fourth-order valence-electron chi connectivity index (χ4n) is 3.70. The molecule has 30 heavy (non-hydrogen) atoms. The lowest BCUT2D eigenvalue weighted by Gasteiger charge is -2.31. The fourth-order valence-corrected chi connectivity index (χ4v) is 4.74. The van der Waals surface area contributed by atoms with Crippen molar-refractivity contribution in [1.82, 2.24) is 14.9 Å². The van der Waals surface area contributed by atoms with Crippen LogP contribution in [-0.4, -0.2) is 39.8 Å². The summed E-state index contributed by atoms with van der Waals surface area (Å²) in [6.45, 7) is 6.37. The van der Waals surface area contributed by atoms with E-state index >= 15 is 0 Å². The topological polar surface area (TPSA) is 106 Å². The Hall–Kier alpha value is -2.94. The molecule has 0 spiro atoms. The number of H-pyrrole nitrogens is 1. The number of ether oxygens (including phenoxy) is 1. The van der Waals surface area contributed by atoms with Crippen molar-refractivity contribution in [3.63, 3.8) is 0 Å². The van der Waals surface area contributed by atoms with Gasteiger partial charge < -0.3 is 19.0 Å². The van der Waals surface area contributed by atoms with Gasteiger partial charge in [-0.3, -0.25) is 14.4 Å². The average Bonchev–Trinajstić information content (AvgIpc) is 3.36. The minimum atomic E-state index is -0.700. The number of amides is 1. The van der Waals surface area contributed by atoms with Crippen molar-refractivity contribution < 1.29 is 18.7 Å². The highest BCUT2D eigenvalue weighted by Gasteiger charge is 2.32. The van der Waals surface area contributed by atoms with Crippen LogP contribution in [0.3, 0.4) is 0 Å². The second-order valence-corrected chi connectivity index (χ2v) is 8.76. The predicted octanol–water partition coefficient (Wildman–Crippen LogP) is 3.35. The van der Waals surface area contributed by atoms with Gasteiger partial charge in [0.2, 0.25) is 0 Å². The number of aromatic amines is 1. The van der Waals surface area contributed by atoms with Crippen LogP contribution >= 0.6 is 11.3 Å². The van der Waals surface area contributed by atoms with E-state index in [1.54, 1.807) is 24.0 Å². The van der Waals surface area contributed by atoms with Crippen molar-refractivity contribution in [1.29, 1.82) is 0 Å². The number of piperidine rings is 1. The molecule has 1 amide bonds. The molecule has 1 N–H and O–H groups in total.